The first-order valence-electron chi connectivity index (χ1n) is 9.12. The second-order valence-electron chi connectivity index (χ2n) is 6.94. The number of urea groups is 1. The lowest BCUT2D eigenvalue weighted by molar-refractivity contribution is -0.130. The minimum atomic E-state index is -0.686. The Balaban J connectivity index is 1.58. The molecule has 8 heteroatoms. The Morgan fingerprint density at radius 2 is 1.69 bits per heavy atom. The Labute approximate surface area is 168 Å². The highest BCUT2D eigenvalue weighted by molar-refractivity contribution is 6.08. The summed E-state index contributed by atoms with van der Waals surface area (Å²) in [4.78, 5) is 51.2. The van der Waals surface area contributed by atoms with E-state index in [2.05, 4.69) is 10.6 Å². The smallest absolute Gasteiger partial charge is 0.325 e. The summed E-state index contributed by atoms with van der Waals surface area (Å²) >= 11 is 0. The number of nitrogens with zero attached hydrogens (tertiary/aromatic N) is 2. The van der Waals surface area contributed by atoms with Crippen molar-refractivity contribution in [2.45, 2.75) is 12.5 Å². The zero-order chi connectivity index (χ0) is 21.0. The quantitative estimate of drug-likeness (QED) is 0.725. The number of carbonyl (C=O) groups is 4. The lowest BCUT2D eigenvalue weighted by Gasteiger charge is -2.14. The normalized spacial score (nSPS) is 15.8. The van der Waals surface area contributed by atoms with Crippen molar-refractivity contribution >= 4 is 29.4 Å². The number of nitrogens with one attached hydrogen (secondary N) is 2. The van der Waals surface area contributed by atoms with Gasteiger partial charge in [0, 0.05) is 31.8 Å². The molecule has 1 aliphatic rings. The first kappa shape index (κ1) is 20.1. The van der Waals surface area contributed by atoms with Gasteiger partial charge < -0.3 is 15.5 Å². The average Bonchev–Trinajstić information content (AvgIpc) is 2.96. The first-order valence-corrected chi connectivity index (χ1v) is 9.12. The maximum absolute atomic E-state index is 12.5. The van der Waals surface area contributed by atoms with Crippen LogP contribution in [0.4, 0.5) is 10.5 Å². The summed E-state index contributed by atoms with van der Waals surface area (Å²) in [5.74, 6) is -1.08. The molecule has 0 radical (unpaired) electrons. The molecule has 29 heavy (non-hydrogen) atoms. The van der Waals surface area contributed by atoms with Crippen molar-refractivity contribution in [1.29, 1.82) is 0 Å². The van der Waals surface area contributed by atoms with Crippen molar-refractivity contribution in [2.24, 2.45) is 0 Å². The summed E-state index contributed by atoms with van der Waals surface area (Å²) < 4.78 is 0. The van der Waals surface area contributed by atoms with Crippen LogP contribution < -0.4 is 10.6 Å². The number of benzene rings is 2. The van der Waals surface area contributed by atoms with Gasteiger partial charge in [0.1, 0.15) is 12.6 Å². The van der Waals surface area contributed by atoms with E-state index in [1.54, 1.807) is 38.4 Å². The van der Waals surface area contributed by atoms with Gasteiger partial charge in [-0.2, -0.15) is 0 Å². The standard InChI is InChI=1S/C21H22N4O4/c1-24(2)19(27)15-8-10-16(11-9-15)22-18(26)13-25-20(28)17(23-21(25)29)12-14-6-4-3-5-7-14/h3-11,17H,12-13H2,1-2H3,(H,22,26)(H,23,29). The Hall–Kier alpha value is -3.68. The fourth-order valence-corrected chi connectivity index (χ4v) is 3.01. The third-order valence-corrected chi connectivity index (χ3v) is 4.51. The monoisotopic (exact) mass is 394 g/mol. The minimum absolute atomic E-state index is 0.147. The molecule has 1 aliphatic heterocycles. The largest absolute Gasteiger partial charge is 0.345 e. The van der Waals surface area contributed by atoms with Crippen LogP contribution in [0.2, 0.25) is 0 Å². The SMILES string of the molecule is CN(C)C(=O)c1ccc(NC(=O)CN2C(=O)NC(Cc3ccccc3)C2=O)cc1. The molecule has 2 aromatic rings. The van der Waals surface area contributed by atoms with Gasteiger partial charge in [-0.25, -0.2) is 4.79 Å². The van der Waals surface area contributed by atoms with E-state index in [1.165, 1.54) is 4.90 Å². The molecular weight excluding hydrogens is 372 g/mol. The van der Waals surface area contributed by atoms with Crippen LogP contribution >= 0.6 is 0 Å². The summed E-state index contributed by atoms with van der Waals surface area (Å²) in [7, 11) is 3.31. The summed E-state index contributed by atoms with van der Waals surface area (Å²) in [6.45, 7) is -0.381. The predicted octanol–water partition coefficient (Wildman–Crippen LogP) is 1.49. The van der Waals surface area contributed by atoms with Crippen LogP contribution in [-0.2, 0) is 16.0 Å². The molecule has 3 rings (SSSR count). The summed E-state index contributed by atoms with van der Waals surface area (Å²) in [5.41, 5.74) is 1.88. The summed E-state index contributed by atoms with van der Waals surface area (Å²) in [6, 6.07) is 14.5. The van der Waals surface area contributed by atoms with Crippen LogP contribution in [0.3, 0.4) is 0 Å². The number of hydrogen-bond acceptors (Lipinski definition) is 4. The van der Waals surface area contributed by atoms with Gasteiger partial charge in [-0.15, -0.1) is 0 Å². The van der Waals surface area contributed by atoms with Crippen LogP contribution in [-0.4, -0.2) is 60.2 Å². The van der Waals surface area contributed by atoms with Crippen molar-refractivity contribution in [2.75, 3.05) is 26.0 Å². The molecular formula is C21H22N4O4. The van der Waals surface area contributed by atoms with Gasteiger partial charge in [-0.3, -0.25) is 19.3 Å². The maximum Gasteiger partial charge on any atom is 0.325 e. The average molecular weight is 394 g/mol. The number of rotatable bonds is 6. The van der Waals surface area contributed by atoms with E-state index in [-0.39, 0.29) is 12.5 Å². The van der Waals surface area contributed by atoms with Crippen molar-refractivity contribution in [1.82, 2.24) is 15.1 Å². The maximum atomic E-state index is 12.5. The molecule has 5 amide bonds. The van der Waals surface area contributed by atoms with Crippen molar-refractivity contribution in [3.8, 4) is 0 Å². The van der Waals surface area contributed by atoms with Gasteiger partial charge in [0.15, 0.2) is 0 Å². The summed E-state index contributed by atoms with van der Waals surface area (Å²) in [6.07, 6.45) is 0.366. The van der Waals surface area contributed by atoms with Gasteiger partial charge in [-0.05, 0) is 29.8 Å². The molecule has 0 saturated carbocycles. The summed E-state index contributed by atoms with van der Waals surface area (Å²) in [5, 5.41) is 5.25. The van der Waals surface area contributed by atoms with Gasteiger partial charge >= 0.3 is 6.03 Å². The molecule has 1 saturated heterocycles. The molecule has 1 unspecified atom stereocenters. The highest BCUT2D eigenvalue weighted by Gasteiger charge is 2.38. The van der Waals surface area contributed by atoms with E-state index >= 15 is 0 Å². The Bertz CT molecular complexity index is 925. The van der Waals surface area contributed by atoms with E-state index in [1.807, 2.05) is 30.3 Å². The fraction of sp³-hybridized carbons (Fsp3) is 0.238. The van der Waals surface area contributed by atoms with Crippen LogP contribution in [0.5, 0.6) is 0 Å². The Morgan fingerprint density at radius 3 is 2.31 bits per heavy atom. The highest BCUT2D eigenvalue weighted by Crippen LogP contribution is 2.14. The molecule has 1 atom stereocenters. The minimum Gasteiger partial charge on any atom is -0.345 e. The van der Waals surface area contributed by atoms with Crippen LogP contribution in [0, 0.1) is 0 Å². The second-order valence-corrected chi connectivity index (χ2v) is 6.94. The Morgan fingerprint density at radius 1 is 1.03 bits per heavy atom. The molecule has 0 aliphatic carbocycles. The molecule has 1 fully saturated rings. The number of carbonyl (C=O) groups excluding carboxylic acids is 4. The lowest BCUT2D eigenvalue weighted by Crippen LogP contribution is -2.38. The molecule has 8 nitrogen and oxygen atoms in total. The predicted molar refractivity (Wildman–Crippen MR) is 107 cm³/mol. The topological polar surface area (TPSA) is 98.8 Å². The molecule has 0 aromatic heterocycles. The third kappa shape index (κ3) is 4.78. The van der Waals surface area contributed by atoms with E-state index in [0.717, 1.165) is 10.5 Å². The number of hydrogen-bond donors (Lipinski definition) is 2. The van der Waals surface area contributed by atoms with Crippen molar-refractivity contribution in [3.05, 3.63) is 65.7 Å². The molecule has 2 aromatic carbocycles. The van der Waals surface area contributed by atoms with Gasteiger partial charge in [0.25, 0.3) is 11.8 Å². The molecule has 2 N–H and O–H groups in total. The third-order valence-electron chi connectivity index (χ3n) is 4.51. The van der Waals surface area contributed by atoms with Crippen molar-refractivity contribution in [3.63, 3.8) is 0 Å². The van der Waals surface area contributed by atoms with Crippen LogP contribution in [0.1, 0.15) is 15.9 Å². The number of imide groups is 1. The van der Waals surface area contributed by atoms with E-state index in [0.29, 0.717) is 17.7 Å². The van der Waals surface area contributed by atoms with Gasteiger partial charge in [0.05, 0.1) is 0 Å². The van der Waals surface area contributed by atoms with Crippen molar-refractivity contribution < 1.29 is 19.2 Å². The molecule has 1 heterocycles. The number of amides is 5. The molecule has 0 spiro atoms. The van der Waals surface area contributed by atoms with E-state index in [9.17, 15) is 19.2 Å². The fourth-order valence-electron chi connectivity index (χ4n) is 3.01. The lowest BCUT2D eigenvalue weighted by atomic mass is 10.1. The van der Waals surface area contributed by atoms with E-state index < -0.39 is 23.9 Å². The zero-order valence-corrected chi connectivity index (χ0v) is 16.2. The first-order chi connectivity index (χ1) is 13.8. The van der Waals surface area contributed by atoms with Crippen LogP contribution in [0.15, 0.2) is 54.6 Å². The van der Waals surface area contributed by atoms with E-state index in [4.69, 9.17) is 0 Å². The Kier molecular flexibility index (Phi) is 5.92. The second kappa shape index (κ2) is 8.55. The molecule has 0 bridgehead atoms. The molecule has 150 valence electrons. The number of anilines is 1. The zero-order valence-electron chi connectivity index (χ0n) is 16.2. The van der Waals surface area contributed by atoms with Gasteiger partial charge in [-0.1, -0.05) is 30.3 Å². The van der Waals surface area contributed by atoms with Crippen LogP contribution in [0.25, 0.3) is 0 Å². The van der Waals surface area contributed by atoms with Gasteiger partial charge in [0.2, 0.25) is 5.91 Å². The highest BCUT2D eigenvalue weighted by atomic mass is 16.2.